The second-order valence-corrected chi connectivity index (χ2v) is 5.41. The summed E-state index contributed by atoms with van der Waals surface area (Å²) in [5, 5.41) is 11.4. The molecule has 0 fully saturated rings. The Bertz CT molecular complexity index is 978. The standard InChI is InChI=1S/C17H18N6O3/c1-3-10-8-14(21-16(24)18-4-2)20-9-12(10)13-7-11(5-6-19-13)15-22-23-17(25)26-15/h5-9H,3-4H2,1-2H3,(H,23,25)(H2,18,20,21,24). The molecule has 0 saturated carbocycles. The van der Waals surface area contributed by atoms with E-state index in [1.54, 1.807) is 24.5 Å². The zero-order valence-corrected chi connectivity index (χ0v) is 14.4. The highest BCUT2D eigenvalue weighted by atomic mass is 16.4. The van der Waals surface area contributed by atoms with Crippen LogP contribution in [0.2, 0.25) is 0 Å². The Labute approximate surface area is 148 Å². The fraction of sp³-hybridized carbons (Fsp3) is 0.235. The Morgan fingerprint density at radius 3 is 2.81 bits per heavy atom. The average Bonchev–Trinajstić information content (AvgIpc) is 3.08. The van der Waals surface area contributed by atoms with Crippen molar-refractivity contribution < 1.29 is 9.21 Å². The number of anilines is 1. The lowest BCUT2D eigenvalue weighted by Crippen LogP contribution is -2.28. The summed E-state index contributed by atoms with van der Waals surface area (Å²) in [6.07, 6.45) is 4.00. The van der Waals surface area contributed by atoms with Gasteiger partial charge >= 0.3 is 11.8 Å². The molecule has 3 aromatic rings. The maximum Gasteiger partial charge on any atom is 0.434 e. The number of carbonyl (C=O) groups is 1. The van der Waals surface area contributed by atoms with Gasteiger partial charge in [-0.25, -0.2) is 19.7 Å². The van der Waals surface area contributed by atoms with Crippen molar-refractivity contribution in [2.75, 3.05) is 11.9 Å². The summed E-state index contributed by atoms with van der Waals surface area (Å²) < 4.78 is 4.98. The Morgan fingerprint density at radius 2 is 2.12 bits per heavy atom. The quantitative estimate of drug-likeness (QED) is 0.645. The van der Waals surface area contributed by atoms with Gasteiger partial charge in [0, 0.05) is 30.1 Å². The number of hydrogen-bond acceptors (Lipinski definition) is 6. The van der Waals surface area contributed by atoms with Gasteiger partial charge in [-0.15, -0.1) is 5.10 Å². The van der Waals surface area contributed by atoms with Crippen LogP contribution in [-0.2, 0) is 6.42 Å². The number of hydrogen-bond donors (Lipinski definition) is 3. The highest BCUT2D eigenvalue weighted by Gasteiger charge is 2.12. The predicted octanol–water partition coefficient (Wildman–Crippen LogP) is 2.19. The lowest BCUT2D eigenvalue weighted by atomic mass is 10.0. The zero-order valence-electron chi connectivity index (χ0n) is 14.4. The van der Waals surface area contributed by atoms with E-state index in [1.165, 1.54) is 0 Å². The van der Waals surface area contributed by atoms with E-state index >= 15 is 0 Å². The number of aromatic amines is 1. The summed E-state index contributed by atoms with van der Waals surface area (Å²) in [5.74, 6) is 0.0419. The molecule has 3 rings (SSSR count). The molecular formula is C17H18N6O3. The molecule has 3 N–H and O–H groups in total. The Morgan fingerprint density at radius 1 is 1.27 bits per heavy atom. The van der Waals surface area contributed by atoms with Crippen LogP contribution in [0.25, 0.3) is 22.7 Å². The molecule has 0 saturated heterocycles. The van der Waals surface area contributed by atoms with E-state index in [1.807, 2.05) is 19.9 Å². The molecule has 0 aliphatic heterocycles. The third-order valence-corrected chi connectivity index (χ3v) is 3.67. The smallest absolute Gasteiger partial charge is 0.388 e. The van der Waals surface area contributed by atoms with Gasteiger partial charge in [0.2, 0.25) is 5.89 Å². The van der Waals surface area contributed by atoms with Crippen molar-refractivity contribution in [1.29, 1.82) is 0 Å². The number of amides is 2. The van der Waals surface area contributed by atoms with E-state index in [-0.39, 0.29) is 11.9 Å². The van der Waals surface area contributed by atoms with Gasteiger partial charge in [-0.3, -0.25) is 10.3 Å². The van der Waals surface area contributed by atoms with E-state index in [9.17, 15) is 9.59 Å². The van der Waals surface area contributed by atoms with Crippen molar-refractivity contribution in [1.82, 2.24) is 25.5 Å². The van der Waals surface area contributed by atoms with Crippen molar-refractivity contribution in [2.45, 2.75) is 20.3 Å². The molecule has 26 heavy (non-hydrogen) atoms. The molecule has 2 amide bonds. The van der Waals surface area contributed by atoms with Gasteiger partial charge in [0.25, 0.3) is 0 Å². The number of rotatable bonds is 5. The topological polar surface area (TPSA) is 126 Å². The fourth-order valence-electron chi connectivity index (χ4n) is 2.47. The van der Waals surface area contributed by atoms with E-state index in [0.29, 0.717) is 23.6 Å². The Hall–Kier alpha value is -3.49. The first-order valence-corrected chi connectivity index (χ1v) is 8.16. The van der Waals surface area contributed by atoms with Crippen molar-refractivity contribution >= 4 is 11.8 Å². The lowest BCUT2D eigenvalue weighted by Gasteiger charge is -2.11. The van der Waals surface area contributed by atoms with Gasteiger partial charge in [-0.2, -0.15) is 0 Å². The molecule has 0 aliphatic carbocycles. The minimum absolute atomic E-state index is 0.194. The summed E-state index contributed by atoms with van der Waals surface area (Å²) >= 11 is 0. The molecule has 9 nitrogen and oxygen atoms in total. The molecule has 3 aromatic heterocycles. The maximum atomic E-state index is 11.7. The van der Waals surface area contributed by atoms with Crippen LogP contribution in [0.15, 0.2) is 39.8 Å². The van der Waals surface area contributed by atoms with Crippen LogP contribution in [0.4, 0.5) is 10.6 Å². The molecule has 9 heteroatoms. The maximum absolute atomic E-state index is 11.7. The molecule has 3 heterocycles. The fourth-order valence-corrected chi connectivity index (χ4v) is 2.47. The summed E-state index contributed by atoms with van der Waals surface area (Å²) in [6, 6.07) is 4.98. The van der Waals surface area contributed by atoms with E-state index in [2.05, 4.69) is 30.8 Å². The van der Waals surface area contributed by atoms with Gasteiger partial charge in [-0.05, 0) is 37.1 Å². The minimum atomic E-state index is -0.616. The van der Waals surface area contributed by atoms with Crippen LogP contribution in [0.1, 0.15) is 19.4 Å². The van der Waals surface area contributed by atoms with Gasteiger partial charge in [0.05, 0.1) is 5.69 Å². The SMILES string of the molecule is CCNC(=O)Nc1cc(CC)c(-c2cc(-c3n[nH]c(=O)o3)ccn2)cn1. The number of aryl methyl sites for hydroxylation is 1. The van der Waals surface area contributed by atoms with E-state index in [4.69, 9.17) is 4.42 Å². The number of nitrogens with one attached hydrogen (secondary N) is 3. The highest BCUT2D eigenvalue weighted by Crippen LogP contribution is 2.26. The third kappa shape index (κ3) is 3.77. The molecular weight excluding hydrogens is 336 g/mol. The van der Waals surface area contributed by atoms with Crippen molar-refractivity contribution in [2.24, 2.45) is 0 Å². The third-order valence-electron chi connectivity index (χ3n) is 3.67. The van der Waals surface area contributed by atoms with Crippen LogP contribution in [-0.4, -0.2) is 32.7 Å². The predicted molar refractivity (Wildman–Crippen MR) is 95.7 cm³/mol. The molecule has 0 aromatic carbocycles. The molecule has 134 valence electrons. The normalized spacial score (nSPS) is 10.5. The van der Waals surface area contributed by atoms with Crippen LogP contribution < -0.4 is 16.4 Å². The number of urea groups is 1. The number of H-pyrrole nitrogens is 1. The Kier molecular flexibility index (Phi) is 5.07. The average molecular weight is 354 g/mol. The summed E-state index contributed by atoms with van der Waals surface area (Å²) in [7, 11) is 0. The molecule has 0 bridgehead atoms. The number of carbonyl (C=O) groups excluding carboxylic acids is 1. The molecule has 0 unspecified atom stereocenters. The van der Waals surface area contributed by atoms with Gasteiger partial charge in [0.15, 0.2) is 0 Å². The van der Waals surface area contributed by atoms with Gasteiger partial charge in [-0.1, -0.05) is 6.92 Å². The second kappa shape index (κ2) is 7.60. The first-order valence-electron chi connectivity index (χ1n) is 8.16. The number of pyridine rings is 2. The lowest BCUT2D eigenvalue weighted by molar-refractivity contribution is 0.252. The van der Waals surface area contributed by atoms with Crippen LogP contribution >= 0.6 is 0 Å². The summed E-state index contributed by atoms with van der Waals surface area (Å²) in [6.45, 7) is 4.38. The highest BCUT2D eigenvalue weighted by molar-refractivity contribution is 5.88. The van der Waals surface area contributed by atoms with Crippen LogP contribution in [0, 0.1) is 0 Å². The van der Waals surface area contributed by atoms with Crippen molar-refractivity contribution in [3.63, 3.8) is 0 Å². The van der Waals surface area contributed by atoms with Gasteiger partial charge < -0.3 is 9.73 Å². The molecule has 0 aliphatic rings. The zero-order chi connectivity index (χ0) is 18.5. The van der Waals surface area contributed by atoms with Gasteiger partial charge in [0.1, 0.15) is 5.82 Å². The summed E-state index contributed by atoms with van der Waals surface area (Å²) in [4.78, 5) is 31.4. The first-order chi connectivity index (χ1) is 12.6. The van der Waals surface area contributed by atoms with Crippen LogP contribution in [0.5, 0.6) is 0 Å². The second-order valence-electron chi connectivity index (χ2n) is 5.41. The van der Waals surface area contributed by atoms with Crippen molar-refractivity contribution in [3.8, 4) is 22.7 Å². The number of nitrogens with zero attached hydrogens (tertiary/aromatic N) is 3. The van der Waals surface area contributed by atoms with E-state index in [0.717, 1.165) is 17.5 Å². The monoisotopic (exact) mass is 354 g/mol. The molecule has 0 spiro atoms. The molecule has 0 atom stereocenters. The Balaban J connectivity index is 1.93. The summed E-state index contributed by atoms with van der Waals surface area (Å²) in [5.41, 5.74) is 3.09. The molecule has 0 radical (unpaired) electrons. The first kappa shape index (κ1) is 17.3. The van der Waals surface area contributed by atoms with E-state index < -0.39 is 5.76 Å². The largest absolute Gasteiger partial charge is 0.434 e. The van der Waals surface area contributed by atoms with Crippen LogP contribution in [0.3, 0.4) is 0 Å². The minimum Gasteiger partial charge on any atom is -0.388 e. The number of aromatic nitrogens is 4. The van der Waals surface area contributed by atoms with Crippen molar-refractivity contribution in [3.05, 3.63) is 46.7 Å².